The Bertz CT molecular complexity index is 91.5. The van der Waals surface area contributed by atoms with Crippen LogP contribution in [0.15, 0.2) is 0 Å². The molecule has 0 radical (unpaired) electrons. The van der Waals surface area contributed by atoms with Crippen molar-refractivity contribution in [3.63, 3.8) is 0 Å². The molecule has 3 N–H and O–H groups in total. The minimum atomic E-state index is -0.500. The molecule has 0 atom stereocenters. The minimum Gasteiger partial charge on any atom is -0.554 e. The topological polar surface area (TPSA) is 192 Å². The molecule has 0 amide bonds. The van der Waals surface area contributed by atoms with Crippen molar-refractivity contribution in [2.75, 3.05) is 0 Å². The Balaban J connectivity index is -0.0000000192. The molecule has 0 aromatic carbocycles. The smallest absolute Gasteiger partial charge is 0.554 e. The third-order valence-electron chi connectivity index (χ3n) is 0. The standard InChI is InChI=1S/5CH2O2.Ca/c5*2-1-3;/h5*1H,(H,2,3);/q;;;;;+2/p-2. The summed E-state index contributed by atoms with van der Waals surface area (Å²) in [6.07, 6.45) is 0. The molecule has 0 rings (SSSR count). The molecule has 0 aliphatic carbocycles. The molecule has 90 valence electrons. The van der Waals surface area contributed by atoms with Crippen LogP contribution in [0.2, 0.25) is 0 Å². The summed E-state index contributed by atoms with van der Waals surface area (Å²) < 4.78 is 0. The molecule has 0 fully saturated rings. The van der Waals surface area contributed by atoms with Crippen molar-refractivity contribution in [1.29, 1.82) is 0 Å². The van der Waals surface area contributed by atoms with E-state index in [2.05, 4.69) is 0 Å². The molecule has 0 unspecified atom stereocenters. The van der Waals surface area contributed by atoms with Gasteiger partial charge in [0.05, 0.1) is 0 Å². The van der Waals surface area contributed by atoms with Gasteiger partial charge in [0.25, 0.3) is 19.4 Å². The van der Waals surface area contributed by atoms with Crippen LogP contribution in [0.4, 0.5) is 0 Å². The van der Waals surface area contributed by atoms with Crippen molar-refractivity contribution in [2.24, 2.45) is 0 Å². The van der Waals surface area contributed by atoms with Crippen LogP contribution in [0.3, 0.4) is 0 Å². The molecule has 0 saturated carbocycles. The van der Waals surface area contributed by atoms with E-state index in [9.17, 15) is 0 Å². The number of hydrogen-bond acceptors (Lipinski definition) is 7. The third-order valence-corrected chi connectivity index (χ3v) is 0. The van der Waals surface area contributed by atoms with Crippen molar-refractivity contribution in [1.82, 2.24) is 0 Å². The maximum atomic E-state index is 8.36. The fourth-order valence-corrected chi connectivity index (χ4v) is 0. The summed E-state index contributed by atoms with van der Waals surface area (Å²) in [7, 11) is 0. The SMILES string of the molecule is O=CO.O=CO.O=CO.O=C[O-].O=C[O-].[Ca+2]. The van der Waals surface area contributed by atoms with Gasteiger partial charge in [-0.15, -0.1) is 0 Å². The minimum absolute atomic E-state index is 0. The average Bonchev–Trinajstić information content (AvgIpc) is 2.09. The molecule has 0 aromatic rings. The Labute approximate surface area is 119 Å². The number of carbonyl (C=O) groups is 5. The summed E-state index contributed by atoms with van der Waals surface area (Å²) in [6, 6.07) is 0. The summed E-state index contributed by atoms with van der Waals surface area (Å²) in [4.78, 5) is 41.6. The Kier molecular flexibility index (Phi) is 379. The van der Waals surface area contributed by atoms with Crippen LogP contribution in [0.1, 0.15) is 0 Å². The first kappa shape index (κ1) is 36.5. The van der Waals surface area contributed by atoms with Crippen LogP contribution in [0.5, 0.6) is 0 Å². The zero-order chi connectivity index (χ0) is 13.5. The van der Waals surface area contributed by atoms with Crippen molar-refractivity contribution in [3.8, 4) is 0 Å². The van der Waals surface area contributed by atoms with Crippen LogP contribution >= 0.6 is 0 Å². The third kappa shape index (κ3) is 879. The van der Waals surface area contributed by atoms with E-state index < -0.39 is 12.9 Å². The van der Waals surface area contributed by atoms with Gasteiger partial charge in [0, 0.05) is 12.9 Å². The monoisotopic (exact) mass is 268 g/mol. The van der Waals surface area contributed by atoms with E-state index in [1.165, 1.54) is 0 Å². The molecule has 0 aliphatic heterocycles. The van der Waals surface area contributed by atoms with Crippen molar-refractivity contribution in [3.05, 3.63) is 0 Å². The van der Waals surface area contributed by atoms with Crippen LogP contribution in [0, 0.1) is 0 Å². The maximum absolute atomic E-state index is 8.36. The van der Waals surface area contributed by atoms with Gasteiger partial charge in [0.2, 0.25) is 0 Å². The van der Waals surface area contributed by atoms with E-state index in [0.29, 0.717) is 0 Å². The molecule has 16 heavy (non-hydrogen) atoms. The molecule has 0 aromatic heterocycles. The first-order valence-electron chi connectivity index (χ1n) is 2.42. The quantitative estimate of drug-likeness (QED) is 0.284. The molecule has 0 heterocycles. The molecule has 0 spiro atoms. The molecule has 0 saturated heterocycles. The van der Waals surface area contributed by atoms with Crippen molar-refractivity contribution < 1.29 is 49.5 Å². The van der Waals surface area contributed by atoms with E-state index >= 15 is 0 Å². The predicted octanol–water partition coefficient (Wildman–Crippen LogP) is -4.55. The molecular formula is C5H8CaO10. The molecule has 0 bridgehead atoms. The van der Waals surface area contributed by atoms with Gasteiger partial charge in [0.1, 0.15) is 0 Å². The zero-order valence-electron chi connectivity index (χ0n) is 7.79. The summed E-state index contributed by atoms with van der Waals surface area (Å²) in [5.74, 6) is 0. The Morgan fingerprint density at radius 3 is 0.625 bits per heavy atom. The Hall–Kier alpha value is -1.39. The average molecular weight is 268 g/mol. The van der Waals surface area contributed by atoms with Gasteiger partial charge < -0.3 is 35.1 Å². The second-order valence-electron chi connectivity index (χ2n) is 0.509. The summed E-state index contributed by atoms with van der Waals surface area (Å²) in [6.45, 7) is -1.75. The number of rotatable bonds is 0. The van der Waals surface area contributed by atoms with E-state index in [4.69, 9.17) is 49.5 Å². The zero-order valence-corrected chi connectivity index (χ0v) is 10.0. The van der Waals surface area contributed by atoms with E-state index in [0.717, 1.165) is 0 Å². The van der Waals surface area contributed by atoms with Crippen molar-refractivity contribution >= 4 is 70.1 Å². The normalized spacial score (nSPS) is 3.75. The van der Waals surface area contributed by atoms with Gasteiger partial charge >= 0.3 is 37.7 Å². The van der Waals surface area contributed by atoms with E-state index in [-0.39, 0.29) is 57.2 Å². The molecule has 0 aliphatic rings. The van der Waals surface area contributed by atoms with Gasteiger partial charge in [-0.05, 0) is 0 Å². The largest absolute Gasteiger partial charge is 2.00 e. The van der Waals surface area contributed by atoms with Crippen molar-refractivity contribution in [2.45, 2.75) is 0 Å². The summed E-state index contributed by atoms with van der Waals surface area (Å²) >= 11 is 0. The second kappa shape index (κ2) is 166. The second-order valence-corrected chi connectivity index (χ2v) is 0.509. The number of carboxylic acid groups (broad SMARTS) is 5. The summed E-state index contributed by atoms with van der Waals surface area (Å²) in [5, 5.41) is 37.2. The molecular weight excluding hydrogens is 260 g/mol. The molecule has 10 nitrogen and oxygen atoms in total. The maximum Gasteiger partial charge on any atom is 2.00 e. The first-order valence-corrected chi connectivity index (χ1v) is 2.42. The van der Waals surface area contributed by atoms with Gasteiger partial charge in [-0.1, -0.05) is 0 Å². The Morgan fingerprint density at radius 2 is 0.625 bits per heavy atom. The van der Waals surface area contributed by atoms with E-state index in [1.807, 2.05) is 0 Å². The Morgan fingerprint density at radius 1 is 0.625 bits per heavy atom. The fraction of sp³-hybridized carbons (Fsp3) is 0. The van der Waals surface area contributed by atoms with Crippen LogP contribution in [-0.4, -0.2) is 85.4 Å². The number of hydrogen-bond donors (Lipinski definition) is 3. The number of carbonyl (C=O) groups excluding carboxylic acids is 2. The van der Waals surface area contributed by atoms with Gasteiger partial charge in [-0.25, -0.2) is 0 Å². The summed E-state index contributed by atoms with van der Waals surface area (Å²) in [5.41, 5.74) is 0. The first-order chi connectivity index (χ1) is 7.07. The van der Waals surface area contributed by atoms with Gasteiger partial charge in [0.15, 0.2) is 0 Å². The van der Waals surface area contributed by atoms with Crippen LogP contribution in [0.25, 0.3) is 0 Å². The van der Waals surface area contributed by atoms with Gasteiger partial charge in [-0.3, -0.25) is 14.4 Å². The van der Waals surface area contributed by atoms with Crippen LogP contribution in [-0.2, 0) is 24.0 Å². The predicted molar refractivity (Wildman–Crippen MR) is 44.0 cm³/mol. The van der Waals surface area contributed by atoms with Crippen LogP contribution < -0.4 is 10.2 Å². The fourth-order valence-electron chi connectivity index (χ4n) is 0. The molecule has 11 heteroatoms. The van der Waals surface area contributed by atoms with E-state index in [1.54, 1.807) is 0 Å². The van der Waals surface area contributed by atoms with Gasteiger partial charge in [-0.2, -0.15) is 0 Å².